The van der Waals surface area contributed by atoms with E-state index in [-0.39, 0.29) is 23.1 Å². The number of rotatable bonds is 7. The lowest BCUT2D eigenvalue weighted by molar-refractivity contribution is -0.383. The van der Waals surface area contributed by atoms with Crippen LogP contribution in [0.2, 0.25) is 0 Å². The molecule has 4 aromatic rings. The van der Waals surface area contributed by atoms with Gasteiger partial charge in [0.25, 0.3) is 0 Å². The van der Waals surface area contributed by atoms with Gasteiger partial charge in [0.15, 0.2) is 5.78 Å². The van der Waals surface area contributed by atoms with Gasteiger partial charge in [0.1, 0.15) is 6.33 Å². The van der Waals surface area contributed by atoms with E-state index in [0.717, 1.165) is 16.5 Å². The number of aromatic nitrogens is 2. The zero-order valence-corrected chi connectivity index (χ0v) is 17.6. The largest absolute Gasteiger partial charge is 0.354 e. The highest BCUT2D eigenvalue weighted by Crippen LogP contribution is 2.39. The molecule has 0 unspecified atom stereocenters. The van der Waals surface area contributed by atoms with E-state index in [1.165, 1.54) is 13.3 Å². The van der Waals surface area contributed by atoms with Crippen molar-refractivity contribution in [2.45, 2.75) is 13.8 Å². The van der Waals surface area contributed by atoms with Crippen LogP contribution < -0.4 is 10.2 Å². The van der Waals surface area contributed by atoms with Gasteiger partial charge >= 0.3 is 5.69 Å². The SMILES string of the molecule is CCN(c1ncnc(Nc2cccc(C(C)=O)c2)c1[N+](=O)[O-])c1cccc2ccccc12. The number of carbonyl (C=O) groups is 1. The molecule has 160 valence electrons. The van der Waals surface area contributed by atoms with E-state index in [2.05, 4.69) is 15.3 Å². The maximum absolute atomic E-state index is 12.1. The predicted octanol–water partition coefficient (Wildman–Crippen LogP) is 5.64. The molecule has 1 heterocycles. The number of Topliss-reactive ketones (excluding diaryl/α,β-unsaturated/α-hetero) is 1. The summed E-state index contributed by atoms with van der Waals surface area (Å²) in [4.78, 5) is 33.6. The zero-order chi connectivity index (χ0) is 22.7. The van der Waals surface area contributed by atoms with Crippen LogP contribution in [0.4, 0.5) is 28.7 Å². The van der Waals surface area contributed by atoms with Gasteiger partial charge < -0.3 is 10.2 Å². The highest BCUT2D eigenvalue weighted by molar-refractivity contribution is 5.97. The van der Waals surface area contributed by atoms with Crippen LogP contribution in [-0.4, -0.2) is 27.2 Å². The average Bonchev–Trinajstić information content (AvgIpc) is 2.80. The van der Waals surface area contributed by atoms with Gasteiger partial charge in [-0.05, 0) is 37.4 Å². The molecule has 4 rings (SSSR count). The number of nitrogens with zero attached hydrogens (tertiary/aromatic N) is 4. The standard InChI is InChI=1S/C24H21N5O3/c1-3-28(21-13-7-9-17-8-4-5-12-20(17)21)24-22(29(31)32)23(25-15-26-24)27-19-11-6-10-18(14-19)16(2)30/h4-15H,3H2,1-2H3,(H,25,26,27). The van der Waals surface area contributed by atoms with Crippen molar-refractivity contribution in [1.82, 2.24) is 9.97 Å². The van der Waals surface area contributed by atoms with E-state index in [1.807, 2.05) is 49.4 Å². The number of benzene rings is 3. The van der Waals surface area contributed by atoms with Crippen LogP contribution in [0.15, 0.2) is 73.1 Å². The third kappa shape index (κ3) is 3.98. The molecule has 0 amide bonds. The fraction of sp³-hybridized carbons (Fsp3) is 0.125. The molecule has 8 nitrogen and oxygen atoms in total. The zero-order valence-electron chi connectivity index (χ0n) is 17.6. The molecule has 0 saturated heterocycles. The summed E-state index contributed by atoms with van der Waals surface area (Å²) >= 11 is 0. The topological polar surface area (TPSA) is 101 Å². The molecule has 1 N–H and O–H groups in total. The van der Waals surface area contributed by atoms with Crippen molar-refractivity contribution in [3.05, 3.63) is 88.7 Å². The van der Waals surface area contributed by atoms with Gasteiger partial charge in [0, 0.05) is 23.2 Å². The van der Waals surface area contributed by atoms with Crippen molar-refractivity contribution in [3.8, 4) is 0 Å². The molecule has 8 heteroatoms. The molecule has 0 aliphatic rings. The summed E-state index contributed by atoms with van der Waals surface area (Å²) in [5.74, 6) is 0.146. The lowest BCUT2D eigenvalue weighted by atomic mass is 10.1. The highest BCUT2D eigenvalue weighted by atomic mass is 16.6. The molecule has 0 atom stereocenters. The second-order valence-electron chi connectivity index (χ2n) is 7.16. The number of hydrogen-bond donors (Lipinski definition) is 1. The van der Waals surface area contributed by atoms with Crippen molar-refractivity contribution in [2.24, 2.45) is 0 Å². The minimum Gasteiger partial charge on any atom is -0.334 e. The molecular weight excluding hydrogens is 406 g/mol. The van der Waals surface area contributed by atoms with Crippen molar-refractivity contribution < 1.29 is 9.72 Å². The Morgan fingerprint density at radius 1 is 1.06 bits per heavy atom. The van der Waals surface area contributed by atoms with Crippen LogP contribution in [0.3, 0.4) is 0 Å². The van der Waals surface area contributed by atoms with Gasteiger partial charge in [-0.1, -0.05) is 48.5 Å². The second kappa shape index (κ2) is 8.81. The highest BCUT2D eigenvalue weighted by Gasteiger charge is 2.28. The second-order valence-corrected chi connectivity index (χ2v) is 7.16. The van der Waals surface area contributed by atoms with Crippen molar-refractivity contribution in [3.63, 3.8) is 0 Å². The van der Waals surface area contributed by atoms with Crippen molar-refractivity contribution in [1.29, 1.82) is 0 Å². The average molecular weight is 427 g/mol. The van der Waals surface area contributed by atoms with Crippen LogP contribution in [-0.2, 0) is 0 Å². The summed E-state index contributed by atoms with van der Waals surface area (Å²) in [6.45, 7) is 3.84. The number of hydrogen-bond acceptors (Lipinski definition) is 7. The summed E-state index contributed by atoms with van der Waals surface area (Å²) < 4.78 is 0. The number of anilines is 4. The molecule has 0 aliphatic carbocycles. The van der Waals surface area contributed by atoms with Crippen molar-refractivity contribution in [2.75, 3.05) is 16.8 Å². The summed E-state index contributed by atoms with van der Waals surface area (Å²) in [5.41, 5.74) is 1.60. The molecule has 0 saturated carbocycles. The normalized spacial score (nSPS) is 10.7. The van der Waals surface area contributed by atoms with E-state index in [9.17, 15) is 14.9 Å². The first kappa shape index (κ1) is 20.9. The molecular formula is C24H21N5O3. The summed E-state index contributed by atoms with van der Waals surface area (Å²) in [7, 11) is 0. The molecule has 0 bridgehead atoms. The number of ketones is 1. The van der Waals surface area contributed by atoms with E-state index in [0.29, 0.717) is 17.8 Å². The first-order valence-electron chi connectivity index (χ1n) is 10.1. The van der Waals surface area contributed by atoms with E-state index >= 15 is 0 Å². The van der Waals surface area contributed by atoms with Gasteiger partial charge in [0.2, 0.25) is 11.6 Å². The fourth-order valence-electron chi connectivity index (χ4n) is 3.66. The number of carbonyl (C=O) groups excluding carboxylic acids is 1. The van der Waals surface area contributed by atoms with Crippen LogP contribution in [0.1, 0.15) is 24.2 Å². The van der Waals surface area contributed by atoms with E-state index < -0.39 is 4.92 Å². The van der Waals surface area contributed by atoms with Gasteiger partial charge in [-0.2, -0.15) is 0 Å². The Balaban J connectivity index is 1.83. The smallest absolute Gasteiger partial charge is 0.334 e. The fourth-order valence-corrected chi connectivity index (χ4v) is 3.66. The van der Waals surface area contributed by atoms with Gasteiger partial charge in [0.05, 0.1) is 10.6 Å². The molecule has 0 spiro atoms. The quantitative estimate of drug-likeness (QED) is 0.231. The van der Waals surface area contributed by atoms with Gasteiger partial charge in [-0.25, -0.2) is 9.97 Å². The molecule has 1 aromatic heterocycles. The summed E-state index contributed by atoms with van der Waals surface area (Å²) in [6.07, 6.45) is 1.30. The third-order valence-corrected chi connectivity index (χ3v) is 5.15. The number of nitro groups is 1. The Morgan fingerprint density at radius 2 is 1.81 bits per heavy atom. The minimum atomic E-state index is -0.486. The van der Waals surface area contributed by atoms with Crippen LogP contribution >= 0.6 is 0 Å². The minimum absolute atomic E-state index is 0.0550. The lowest BCUT2D eigenvalue weighted by Gasteiger charge is -2.24. The van der Waals surface area contributed by atoms with Gasteiger partial charge in [-0.3, -0.25) is 14.9 Å². The Hall–Kier alpha value is -4.33. The molecule has 0 aliphatic heterocycles. The first-order valence-corrected chi connectivity index (χ1v) is 10.1. The van der Waals surface area contributed by atoms with Crippen LogP contribution in [0.25, 0.3) is 10.8 Å². The van der Waals surface area contributed by atoms with E-state index in [4.69, 9.17) is 0 Å². The predicted molar refractivity (Wildman–Crippen MR) is 125 cm³/mol. The molecule has 0 fully saturated rings. The number of fused-ring (bicyclic) bond motifs is 1. The monoisotopic (exact) mass is 427 g/mol. The Labute approximate surface area is 184 Å². The van der Waals surface area contributed by atoms with E-state index in [1.54, 1.807) is 29.2 Å². The van der Waals surface area contributed by atoms with Crippen LogP contribution in [0.5, 0.6) is 0 Å². The summed E-state index contributed by atoms with van der Waals surface area (Å²) in [6, 6.07) is 20.4. The van der Waals surface area contributed by atoms with Gasteiger partial charge in [-0.15, -0.1) is 0 Å². The lowest BCUT2D eigenvalue weighted by Crippen LogP contribution is -2.20. The van der Waals surface area contributed by atoms with Crippen molar-refractivity contribution >= 4 is 45.3 Å². The molecule has 0 radical (unpaired) electrons. The molecule has 32 heavy (non-hydrogen) atoms. The Bertz CT molecular complexity index is 1320. The maximum atomic E-state index is 12.1. The Kier molecular flexibility index (Phi) is 5.76. The van der Waals surface area contributed by atoms with Crippen LogP contribution in [0, 0.1) is 10.1 Å². The molecule has 3 aromatic carbocycles. The third-order valence-electron chi connectivity index (χ3n) is 5.15. The maximum Gasteiger partial charge on any atom is 0.354 e. The summed E-state index contributed by atoms with van der Waals surface area (Å²) in [5, 5.41) is 17.1. The Morgan fingerprint density at radius 3 is 2.56 bits per heavy atom. The number of nitrogens with one attached hydrogen (secondary N) is 1. The first-order chi connectivity index (χ1) is 15.5.